The summed E-state index contributed by atoms with van der Waals surface area (Å²) in [5.41, 5.74) is -2.22. The lowest BCUT2D eigenvalue weighted by Gasteiger charge is -2.37. The fourth-order valence-corrected chi connectivity index (χ4v) is 1.73. The maximum Gasteiger partial charge on any atom is 0.410 e. The highest BCUT2D eigenvalue weighted by Crippen LogP contribution is 2.28. The summed E-state index contributed by atoms with van der Waals surface area (Å²) in [5.74, 6) is -1.47. The Kier molecular flexibility index (Phi) is 2.03. The third-order valence-corrected chi connectivity index (χ3v) is 2.64. The fraction of sp³-hybridized carbons (Fsp3) is 0.533. The molecule has 1 saturated heterocycles. The Morgan fingerprint density at radius 3 is 2.57 bits per heavy atom. The van der Waals surface area contributed by atoms with Gasteiger partial charge >= 0.3 is 6.09 Å². The van der Waals surface area contributed by atoms with Crippen molar-refractivity contribution in [2.24, 2.45) is 0 Å². The topological polar surface area (TPSA) is 32.8 Å². The summed E-state index contributed by atoms with van der Waals surface area (Å²) < 4.78 is 108. The molecule has 1 heterocycles. The van der Waals surface area contributed by atoms with Crippen LogP contribution < -0.4 is 4.90 Å². The summed E-state index contributed by atoms with van der Waals surface area (Å²) >= 11 is 2.76. The van der Waals surface area contributed by atoms with Crippen molar-refractivity contribution in [3.8, 4) is 0 Å². The quantitative estimate of drug-likeness (QED) is 0.757. The number of rotatable bonds is 1. The van der Waals surface area contributed by atoms with Crippen molar-refractivity contribution < 1.29 is 29.0 Å². The first-order chi connectivity index (χ1) is 14.0. The second-order valence-corrected chi connectivity index (χ2v) is 5.74. The van der Waals surface area contributed by atoms with Crippen molar-refractivity contribution in [1.82, 2.24) is 4.90 Å². The zero-order valence-corrected chi connectivity index (χ0v) is 13.1. The Bertz CT molecular complexity index is 911. The van der Waals surface area contributed by atoms with Gasteiger partial charge in [0.05, 0.1) is 20.8 Å². The molecule has 2 rings (SSSR count). The second-order valence-electron chi connectivity index (χ2n) is 4.95. The van der Waals surface area contributed by atoms with Crippen LogP contribution >= 0.6 is 15.9 Å². The predicted molar refractivity (Wildman–Crippen MR) is 84.1 cm³/mol. The number of hydrogen-bond donors (Lipinski definition) is 0. The lowest BCUT2D eigenvalue weighted by atomic mass is 10.2. The molecule has 0 unspecified atom stereocenters. The van der Waals surface area contributed by atoms with Crippen molar-refractivity contribution in [3.63, 3.8) is 0 Å². The average Bonchev–Trinajstić information content (AvgIpc) is 2.58. The summed E-state index contributed by atoms with van der Waals surface area (Å²) in [5, 5.41) is 0. The Balaban J connectivity index is 2.89. The summed E-state index contributed by atoms with van der Waals surface area (Å²) in [6.45, 7) is -10.2. The SMILES string of the molecule is [2H]c1c([2H])c(N2C([2H])([2H])C([2H])([2H])N(C(=O)OC(C)(C)C)C([2H])([2H])C2([2H])[2H])c(Br)c([2H])c1F. The Labute approximate surface area is 148 Å². The highest BCUT2D eigenvalue weighted by Gasteiger charge is 2.26. The standard InChI is InChI=1S/C15H20BrFN2O2/c1-15(2,3)21-14(20)19-8-6-18(7-9-19)13-5-4-11(17)10-12(13)16/h4-5,10H,6-9H2,1-3H3/i4D,5D,6D2,7D2,8D2,9D2,10D. The number of halogens is 2. The monoisotopic (exact) mass is 369 g/mol. The van der Waals surface area contributed by atoms with E-state index in [1.54, 1.807) is 0 Å². The van der Waals surface area contributed by atoms with Gasteiger partial charge in [-0.15, -0.1) is 0 Å². The minimum atomic E-state index is -3.60. The molecule has 6 heteroatoms. The molecule has 0 saturated carbocycles. The molecule has 1 aromatic rings. The van der Waals surface area contributed by atoms with E-state index in [0.29, 0.717) is 0 Å². The van der Waals surface area contributed by atoms with Gasteiger partial charge in [0.2, 0.25) is 0 Å². The highest BCUT2D eigenvalue weighted by atomic mass is 79.9. The molecule has 1 amide bonds. The van der Waals surface area contributed by atoms with Crippen molar-refractivity contribution in [1.29, 1.82) is 0 Å². The predicted octanol–water partition coefficient (Wildman–Crippen LogP) is 3.65. The molecule has 0 N–H and O–H groups in total. The van der Waals surface area contributed by atoms with Crippen LogP contribution in [0.4, 0.5) is 14.9 Å². The minimum Gasteiger partial charge on any atom is -0.444 e. The van der Waals surface area contributed by atoms with E-state index in [1.807, 2.05) is 0 Å². The number of ether oxygens (including phenoxy) is 1. The molecule has 21 heavy (non-hydrogen) atoms. The van der Waals surface area contributed by atoms with Crippen molar-refractivity contribution in [2.45, 2.75) is 26.4 Å². The van der Waals surface area contributed by atoms with Gasteiger partial charge in [-0.2, -0.15) is 0 Å². The number of amides is 1. The van der Waals surface area contributed by atoms with Crippen LogP contribution in [0.3, 0.4) is 0 Å². The largest absolute Gasteiger partial charge is 0.444 e. The summed E-state index contributed by atoms with van der Waals surface area (Å²) in [7, 11) is 0. The number of carbonyl (C=O) groups is 1. The fourth-order valence-electron chi connectivity index (χ4n) is 1.28. The number of nitrogens with zero attached hydrogens (tertiary/aromatic N) is 2. The third kappa shape index (κ3) is 4.33. The molecule has 0 aliphatic carbocycles. The van der Waals surface area contributed by atoms with Gasteiger partial charge in [-0.1, -0.05) is 0 Å². The zero-order chi connectivity index (χ0) is 25.4. The third-order valence-electron chi connectivity index (χ3n) is 2.06. The van der Waals surface area contributed by atoms with E-state index in [9.17, 15) is 9.18 Å². The van der Waals surface area contributed by atoms with Crippen molar-refractivity contribution >= 4 is 27.7 Å². The normalized spacial score (nSPS) is 33.3. The van der Waals surface area contributed by atoms with Crippen LogP contribution in [0.25, 0.3) is 0 Å². The zero-order valence-electron chi connectivity index (χ0n) is 22.5. The van der Waals surface area contributed by atoms with Crippen LogP contribution in [0.1, 0.15) is 35.8 Å². The van der Waals surface area contributed by atoms with Gasteiger partial charge in [0.15, 0.2) is 0 Å². The molecule has 0 spiro atoms. The molecular weight excluding hydrogens is 339 g/mol. The molecule has 1 fully saturated rings. The van der Waals surface area contributed by atoms with Crippen LogP contribution in [-0.2, 0) is 4.74 Å². The number of benzene rings is 1. The van der Waals surface area contributed by atoms with E-state index in [2.05, 4.69) is 15.9 Å². The van der Waals surface area contributed by atoms with Crippen LogP contribution in [-0.4, -0.2) is 42.6 Å². The molecule has 1 aliphatic rings. The van der Waals surface area contributed by atoms with Gasteiger partial charge in [-0.05, 0) is 54.8 Å². The number of piperazine rings is 1. The minimum absolute atomic E-state index is 0.122. The lowest BCUT2D eigenvalue weighted by Crippen LogP contribution is -2.50. The molecule has 1 aliphatic heterocycles. The first-order valence-corrected chi connectivity index (χ1v) is 6.62. The summed E-state index contributed by atoms with van der Waals surface area (Å²) in [6, 6.07) is -3.35. The van der Waals surface area contributed by atoms with Crippen LogP contribution in [0.2, 0.25) is 0 Å². The number of hydrogen-bond acceptors (Lipinski definition) is 3. The number of carbonyl (C=O) groups excluding carboxylic acids is 1. The van der Waals surface area contributed by atoms with E-state index >= 15 is 0 Å². The van der Waals surface area contributed by atoms with Crippen molar-refractivity contribution in [2.75, 3.05) is 30.9 Å². The van der Waals surface area contributed by atoms with Gasteiger partial charge in [-0.25, -0.2) is 9.18 Å². The Hall–Kier alpha value is -1.30. The van der Waals surface area contributed by atoms with Crippen LogP contribution in [0.5, 0.6) is 0 Å². The van der Waals surface area contributed by atoms with E-state index < -0.39 is 71.8 Å². The molecule has 1 aromatic carbocycles. The molecule has 0 radical (unpaired) electrons. The second kappa shape index (κ2) is 6.22. The summed E-state index contributed by atoms with van der Waals surface area (Å²) in [6.07, 6.45) is -1.67. The molecule has 0 bridgehead atoms. The van der Waals surface area contributed by atoms with Gasteiger partial charge in [0.1, 0.15) is 11.4 Å². The molecule has 0 atom stereocenters. The summed E-state index contributed by atoms with van der Waals surface area (Å²) in [4.78, 5) is 12.2. The first kappa shape index (κ1) is 6.86. The van der Waals surface area contributed by atoms with Gasteiger partial charge in [0, 0.05) is 30.5 Å². The van der Waals surface area contributed by atoms with Gasteiger partial charge in [-0.3, -0.25) is 0 Å². The van der Waals surface area contributed by atoms with Crippen LogP contribution in [0.15, 0.2) is 22.6 Å². The highest BCUT2D eigenvalue weighted by molar-refractivity contribution is 9.10. The maximum atomic E-state index is 14.1. The average molecular weight is 370 g/mol. The maximum absolute atomic E-state index is 14.1. The molecule has 4 nitrogen and oxygen atoms in total. The van der Waals surface area contributed by atoms with Gasteiger partial charge < -0.3 is 14.5 Å². The Morgan fingerprint density at radius 1 is 1.38 bits per heavy atom. The van der Waals surface area contributed by atoms with Crippen LogP contribution in [0, 0.1) is 5.82 Å². The van der Waals surface area contributed by atoms with Gasteiger partial charge in [0.25, 0.3) is 0 Å². The van der Waals surface area contributed by atoms with E-state index in [0.717, 1.165) is 0 Å². The van der Waals surface area contributed by atoms with E-state index in [4.69, 9.17) is 19.8 Å². The van der Waals surface area contributed by atoms with E-state index in [1.165, 1.54) is 20.8 Å². The Morgan fingerprint density at radius 2 is 2.00 bits per heavy atom. The number of anilines is 1. The first-order valence-electron chi connectivity index (χ1n) is 11.3. The molecule has 0 aromatic heterocycles. The molecule has 116 valence electrons. The molecular formula is C15H20BrFN2O2. The lowest BCUT2D eigenvalue weighted by molar-refractivity contribution is 0.0240. The van der Waals surface area contributed by atoms with E-state index in [-0.39, 0.29) is 9.80 Å². The smallest absolute Gasteiger partial charge is 0.410 e. The van der Waals surface area contributed by atoms with Crippen molar-refractivity contribution in [3.05, 3.63) is 28.4 Å².